The van der Waals surface area contributed by atoms with Gasteiger partial charge in [0, 0.05) is 29.2 Å². The number of rotatable bonds is 6. The normalized spacial score (nSPS) is 18.5. The molecule has 7 nitrogen and oxygen atoms in total. The lowest BCUT2D eigenvalue weighted by Gasteiger charge is -2.21. The number of hydrogen-bond donors (Lipinski definition) is 4. The minimum Gasteiger partial charge on any atom is -0.361 e. The Hall–Kier alpha value is -3.61. The van der Waals surface area contributed by atoms with E-state index in [1.54, 1.807) is 31.2 Å². The Balaban J connectivity index is 1.36. The van der Waals surface area contributed by atoms with Crippen LogP contribution < -0.4 is 16.0 Å². The summed E-state index contributed by atoms with van der Waals surface area (Å²) in [5, 5.41) is 8.93. The van der Waals surface area contributed by atoms with Gasteiger partial charge in [-0.15, -0.1) is 0 Å². The summed E-state index contributed by atoms with van der Waals surface area (Å²) in [5.41, 5.74) is 2.35. The predicted molar refractivity (Wildman–Crippen MR) is 110 cm³/mol. The summed E-state index contributed by atoms with van der Waals surface area (Å²) in [6, 6.07) is 14.6. The molecule has 0 spiro atoms. The number of nitrogens with one attached hydrogen (secondary N) is 4. The van der Waals surface area contributed by atoms with Crippen LogP contribution >= 0.6 is 0 Å². The number of carbonyl (C=O) groups is 3. The second-order valence-corrected chi connectivity index (χ2v) is 7.38. The van der Waals surface area contributed by atoms with E-state index >= 15 is 0 Å². The fourth-order valence-corrected chi connectivity index (χ4v) is 3.66. The quantitative estimate of drug-likeness (QED) is 0.486. The molecule has 0 saturated carbocycles. The van der Waals surface area contributed by atoms with E-state index in [0.717, 1.165) is 18.4 Å². The van der Waals surface area contributed by atoms with Crippen molar-refractivity contribution in [2.75, 3.05) is 5.32 Å². The highest BCUT2D eigenvalue weighted by molar-refractivity contribution is 6.07. The molecule has 1 aliphatic heterocycles. The van der Waals surface area contributed by atoms with E-state index in [0.29, 0.717) is 17.7 Å². The van der Waals surface area contributed by atoms with Gasteiger partial charge >= 0.3 is 6.03 Å². The molecule has 4 amide bonds. The molecule has 0 radical (unpaired) electrons. The molecule has 0 aliphatic carbocycles. The highest BCUT2D eigenvalue weighted by Crippen LogP contribution is 2.26. The highest BCUT2D eigenvalue weighted by atomic mass is 16.2. The van der Waals surface area contributed by atoms with E-state index < -0.39 is 17.5 Å². The third-order valence-electron chi connectivity index (χ3n) is 5.29. The van der Waals surface area contributed by atoms with Crippen molar-refractivity contribution in [2.24, 2.45) is 0 Å². The van der Waals surface area contributed by atoms with Crippen LogP contribution in [-0.4, -0.2) is 22.8 Å². The van der Waals surface area contributed by atoms with Gasteiger partial charge in [0.1, 0.15) is 5.54 Å². The molecule has 0 unspecified atom stereocenters. The summed E-state index contributed by atoms with van der Waals surface area (Å²) in [5.74, 6) is -0.503. The molecule has 4 N–H and O–H groups in total. The lowest BCUT2D eigenvalue weighted by molar-refractivity contribution is -0.123. The molecule has 2 aromatic carbocycles. The van der Waals surface area contributed by atoms with Crippen LogP contribution in [0.4, 0.5) is 10.5 Å². The molecule has 1 atom stereocenters. The third kappa shape index (κ3) is 3.71. The van der Waals surface area contributed by atoms with Crippen LogP contribution in [0.15, 0.2) is 54.7 Å². The average Bonchev–Trinajstić information content (AvgIpc) is 3.22. The smallest absolute Gasteiger partial charge is 0.322 e. The number of hydrogen-bond acceptors (Lipinski definition) is 3. The van der Waals surface area contributed by atoms with Crippen LogP contribution in [0.3, 0.4) is 0 Å². The zero-order valence-electron chi connectivity index (χ0n) is 16.0. The Morgan fingerprint density at radius 1 is 1.10 bits per heavy atom. The van der Waals surface area contributed by atoms with Crippen molar-refractivity contribution in [3.63, 3.8) is 0 Å². The van der Waals surface area contributed by atoms with Crippen LogP contribution in [0, 0.1) is 0 Å². The number of imide groups is 1. The SMILES string of the molecule is C[C@@]1(c2cccc(NC(=O)CCCc3c[nH]c4ccccc34)c2)NC(=O)NC1=O. The number of aryl methyl sites for hydroxylation is 1. The lowest BCUT2D eigenvalue weighted by atomic mass is 9.92. The van der Waals surface area contributed by atoms with Crippen LogP contribution in [0.2, 0.25) is 0 Å². The molecule has 7 heteroatoms. The molecule has 1 aliphatic rings. The lowest BCUT2D eigenvalue weighted by Crippen LogP contribution is -2.40. The Morgan fingerprint density at radius 3 is 2.72 bits per heavy atom. The van der Waals surface area contributed by atoms with E-state index in [1.807, 2.05) is 24.4 Å². The van der Waals surface area contributed by atoms with E-state index in [2.05, 4.69) is 27.0 Å². The first-order chi connectivity index (χ1) is 14.0. The summed E-state index contributed by atoms with van der Waals surface area (Å²) in [6.07, 6.45) is 3.91. The highest BCUT2D eigenvalue weighted by Gasteiger charge is 2.43. The van der Waals surface area contributed by atoms with Gasteiger partial charge in [0.25, 0.3) is 5.91 Å². The first kappa shape index (κ1) is 18.7. The Bertz CT molecular complexity index is 1100. The van der Waals surface area contributed by atoms with E-state index in [1.165, 1.54) is 10.9 Å². The number of aromatic amines is 1. The second-order valence-electron chi connectivity index (χ2n) is 7.38. The molecule has 4 rings (SSSR count). The molecule has 29 heavy (non-hydrogen) atoms. The van der Waals surface area contributed by atoms with Crippen molar-refractivity contribution in [1.29, 1.82) is 0 Å². The summed E-state index contributed by atoms with van der Waals surface area (Å²) in [6.45, 7) is 1.63. The van der Waals surface area contributed by atoms with E-state index in [4.69, 9.17) is 0 Å². The summed E-state index contributed by atoms with van der Waals surface area (Å²) < 4.78 is 0. The number of anilines is 1. The number of H-pyrrole nitrogens is 1. The molecule has 3 aromatic rings. The first-order valence-electron chi connectivity index (χ1n) is 9.55. The Labute approximate surface area is 167 Å². The topological polar surface area (TPSA) is 103 Å². The molecule has 1 saturated heterocycles. The number of benzene rings is 2. The van der Waals surface area contributed by atoms with E-state index in [9.17, 15) is 14.4 Å². The first-order valence-corrected chi connectivity index (χ1v) is 9.55. The van der Waals surface area contributed by atoms with Crippen molar-refractivity contribution >= 4 is 34.4 Å². The van der Waals surface area contributed by atoms with Crippen molar-refractivity contribution in [3.8, 4) is 0 Å². The van der Waals surface area contributed by atoms with Gasteiger partial charge in [-0.2, -0.15) is 0 Å². The van der Waals surface area contributed by atoms with Gasteiger partial charge in [0.15, 0.2) is 0 Å². The number of carbonyl (C=O) groups excluding carboxylic acids is 3. The Morgan fingerprint density at radius 2 is 1.93 bits per heavy atom. The minimum absolute atomic E-state index is 0.0907. The molecule has 1 aromatic heterocycles. The van der Waals surface area contributed by atoms with Gasteiger partial charge in [-0.05, 0) is 49.1 Å². The summed E-state index contributed by atoms with van der Waals surface area (Å²) >= 11 is 0. The summed E-state index contributed by atoms with van der Waals surface area (Å²) in [4.78, 5) is 39.2. The van der Waals surface area contributed by atoms with Crippen LogP contribution in [0.25, 0.3) is 10.9 Å². The van der Waals surface area contributed by atoms with Crippen LogP contribution in [-0.2, 0) is 21.5 Å². The molecular formula is C22H22N4O3. The molecule has 2 heterocycles. The minimum atomic E-state index is -1.15. The Kier molecular flexibility index (Phi) is 4.80. The van der Waals surface area contributed by atoms with Crippen molar-refractivity contribution in [1.82, 2.24) is 15.6 Å². The summed E-state index contributed by atoms with van der Waals surface area (Å²) in [7, 11) is 0. The average molecular weight is 390 g/mol. The van der Waals surface area contributed by atoms with Gasteiger partial charge in [0.05, 0.1) is 0 Å². The number of amides is 4. The second kappa shape index (κ2) is 7.43. The van der Waals surface area contributed by atoms with Gasteiger partial charge < -0.3 is 15.6 Å². The maximum atomic E-state index is 12.4. The number of fused-ring (bicyclic) bond motifs is 1. The van der Waals surface area contributed by atoms with Crippen LogP contribution in [0.5, 0.6) is 0 Å². The zero-order chi connectivity index (χ0) is 20.4. The van der Waals surface area contributed by atoms with Crippen LogP contribution in [0.1, 0.15) is 30.9 Å². The maximum Gasteiger partial charge on any atom is 0.322 e. The number of aromatic nitrogens is 1. The number of para-hydroxylation sites is 1. The zero-order valence-corrected chi connectivity index (χ0v) is 16.0. The fourth-order valence-electron chi connectivity index (χ4n) is 3.66. The molecule has 148 valence electrons. The van der Waals surface area contributed by atoms with Crippen molar-refractivity contribution in [2.45, 2.75) is 31.7 Å². The van der Waals surface area contributed by atoms with E-state index in [-0.39, 0.29) is 5.91 Å². The van der Waals surface area contributed by atoms with Gasteiger partial charge in [-0.25, -0.2) is 4.79 Å². The third-order valence-corrected chi connectivity index (χ3v) is 5.29. The van der Waals surface area contributed by atoms with Crippen molar-refractivity contribution in [3.05, 3.63) is 65.9 Å². The standard InChI is InChI=1S/C22H22N4O3/c1-22(20(28)25-21(29)26-22)15-7-5-8-16(12-15)24-19(27)11-4-6-14-13-23-18-10-3-2-9-17(14)18/h2-3,5,7-10,12-13,23H,4,6,11H2,1H3,(H,24,27)(H2,25,26,28,29)/t22-/m0/s1. The number of urea groups is 1. The largest absolute Gasteiger partial charge is 0.361 e. The monoisotopic (exact) mass is 390 g/mol. The molecule has 0 bridgehead atoms. The van der Waals surface area contributed by atoms with Gasteiger partial charge in [-0.3, -0.25) is 14.9 Å². The maximum absolute atomic E-state index is 12.4. The molecular weight excluding hydrogens is 368 g/mol. The van der Waals surface area contributed by atoms with Gasteiger partial charge in [0.2, 0.25) is 5.91 Å². The predicted octanol–water partition coefficient (Wildman–Crippen LogP) is 3.18. The fraction of sp³-hybridized carbons (Fsp3) is 0.227. The molecule has 1 fully saturated rings. The van der Waals surface area contributed by atoms with Crippen molar-refractivity contribution < 1.29 is 14.4 Å². The van der Waals surface area contributed by atoms with Gasteiger partial charge in [-0.1, -0.05) is 30.3 Å².